The van der Waals surface area contributed by atoms with Crippen molar-refractivity contribution in [3.63, 3.8) is 0 Å². The Morgan fingerprint density at radius 2 is 1.16 bits per heavy atom. The molecule has 0 spiro atoms. The van der Waals surface area contributed by atoms with Gasteiger partial charge in [0.25, 0.3) is 17.7 Å². The summed E-state index contributed by atoms with van der Waals surface area (Å²) in [6, 6.07) is 38.0. The van der Waals surface area contributed by atoms with Gasteiger partial charge in [-0.3, -0.25) is 19.4 Å². The van der Waals surface area contributed by atoms with Crippen LogP contribution in [-0.4, -0.2) is 94.4 Å². The molecule has 2 aromatic heterocycles. The van der Waals surface area contributed by atoms with Gasteiger partial charge in [-0.25, -0.2) is 9.78 Å². The maximum atomic E-state index is 13.3. The molecular formula is C60H64N10O5. The fourth-order valence-corrected chi connectivity index (χ4v) is 10.2. The average Bonchev–Trinajstić information content (AvgIpc) is 4.21. The molecule has 0 saturated carbocycles. The highest BCUT2D eigenvalue weighted by molar-refractivity contribution is 6.07. The summed E-state index contributed by atoms with van der Waals surface area (Å²) >= 11 is 0. The van der Waals surface area contributed by atoms with E-state index in [-0.39, 0.29) is 23.3 Å². The smallest absolute Gasteiger partial charge is 0.335 e. The Labute approximate surface area is 439 Å². The number of nitrogens with one attached hydrogen (secondary N) is 2. The number of aromatic carboxylic acids is 1. The number of carboxylic acid groups (broad SMARTS) is 1. The molecule has 6 aromatic rings. The zero-order valence-corrected chi connectivity index (χ0v) is 42.7. The predicted octanol–water partition coefficient (Wildman–Crippen LogP) is 9.81. The summed E-state index contributed by atoms with van der Waals surface area (Å²) in [6.45, 7) is 9.34. The third-order valence-corrected chi connectivity index (χ3v) is 14.7. The van der Waals surface area contributed by atoms with Crippen LogP contribution in [0, 0.1) is 36.5 Å². The first-order valence-corrected chi connectivity index (χ1v) is 25.9. The molecule has 1 unspecified atom stereocenters. The number of aromatic nitrogens is 2. The summed E-state index contributed by atoms with van der Waals surface area (Å²) in [4.78, 5) is 65.0. The zero-order chi connectivity index (χ0) is 52.8. The minimum atomic E-state index is -1.02. The Balaban J connectivity index is 0.000000169. The SMILES string of the molecule is Cc1ccc(C(=O)N2CCC(c3ccc(C#N)cc3)CC2)cc1C(=O)Nc1ccc(N2CCCC2)nc1.Cc1ccc(C(=O)N2CCC(c3ccc(C#N)cc3)CC2)cc1C(=O)O.Nc1ccc(C2CCCN2)nc1. The number of nitrogens with zero attached hydrogens (tertiary/aromatic N) is 7. The van der Waals surface area contributed by atoms with Gasteiger partial charge in [0, 0.05) is 62.0 Å². The predicted molar refractivity (Wildman–Crippen MR) is 290 cm³/mol. The molecule has 1 atom stereocenters. The lowest BCUT2D eigenvalue weighted by Crippen LogP contribution is -2.38. The Hall–Kier alpha value is -8.40. The number of nitrogens with two attached hydrogens (primary N) is 1. The van der Waals surface area contributed by atoms with Crippen LogP contribution in [0.4, 0.5) is 17.2 Å². The Morgan fingerprint density at radius 1 is 0.627 bits per heavy atom. The minimum Gasteiger partial charge on any atom is -0.478 e. The van der Waals surface area contributed by atoms with Crippen molar-refractivity contribution in [3.8, 4) is 12.1 Å². The second-order valence-electron chi connectivity index (χ2n) is 19.7. The second-order valence-corrected chi connectivity index (χ2v) is 19.7. The molecule has 0 radical (unpaired) electrons. The molecule has 384 valence electrons. The highest BCUT2D eigenvalue weighted by Crippen LogP contribution is 2.31. The van der Waals surface area contributed by atoms with Gasteiger partial charge < -0.3 is 36.2 Å². The van der Waals surface area contributed by atoms with Gasteiger partial charge in [-0.05, 0) is 179 Å². The number of carboxylic acids is 1. The first kappa shape index (κ1) is 52.9. The third kappa shape index (κ3) is 13.6. The number of piperidine rings is 2. The van der Waals surface area contributed by atoms with E-state index in [1.54, 1.807) is 48.5 Å². The summed E-state index contributed by atoms with van der Waals surface area (Å²) < 4.78 is 0. The molecule has 0 aliphatic carbocycles. The first-order valence-electron chi connectivity index (χ1n) is 25.9. The maximum absolute atomic E-state index is 13.3. The molecule has 4 aromatic carbocycles. The molecular weight excluding hydrogens is 941 g/mol. The van der Waals surface area contributed by atoms with Crippen molar-refractivity contribution in [1.82, 2.24) is 25.1 Å². The van der Waals surface area contributed by atoms with E-state index >= 15 is 0 Å². The summed E-state index contributed by atoms with van der Waals surface area (Å²) in [5.41, 5.74) is 14.8. The van der Waals surface area contributed by atoms with Crippen molar-refractivity contribution in [2.24, 2.45) is 0 Å². The van der Waals surface area contributed by atoms with Crippen molar-refractivity contribution in [2.75, 3.05) is 61.8 Å². The van der Waals surface area contributed by atoms with E-state index in [0.29, 0.717) is 83.1 Å². The number of benzene rings is 4. The molecule has 10 rings (SSSR count). The van der Waals surface area contributed by atoms with Gasteiger partial charge in [0.2, 0.25) is 0 Å². The Kier molecular flexibility index (Phi) is 17.7. The molecule has 0 bridgehead atoms. The van der Waals surface area contributed by atoms with Gasteiger partial charge in [0.05, 0.1) is 58.3 Å². The largest absolute Gasteiger partial charge is 0.478 e. The number of hydrogen-bond acceptors (Lipinski definition) is 11. The normalized spacial score (nSPS) is 16.6. The van der Waals surface area contributed by atoms with Crippen LogP contribution < -0.4 is 21.3 Å². The number of nitrogen functional groups attached to an aromatic ring is 1. The monoisotopic (exact) mass is 1000 g/mol. The van der Waals surface area contributed by atoms with Crippen LogP contribution in [0.15, 0.2) is 122 Å². The number of aryl methyl sites for hydroxylation is 2. The van der Waals surface area contributed by atoms with Gasteiger partial charge >= 0.3 is 5.97 Å². The number of pyridine rings is 2. The fraction of sp³-hybridized carbons (Fsp3) is 0.333. The number of amides is 3. The molecule has 15 heteroatoms. The van der Waals surface area contributed by atoms with E-state index in [2.05, 4.69) is 37.6 Å². The van der Waals surface area contributed by atoms with Crippen LogP contribution in [0.25, 0.3) is 0 Å². The van der Waals surface area contributed by atoms with Crippen molar-refractivity contribution in [1.29, 1.82) is 10.5 Å². The molecule has 4 aliphatic heterocycles. The molecule has 5 N–H and O–H groups in total. The highest BCUT2D eigenvalue weighted by Gasteiger charge is 2.27. The van der Waals surface area contributed by atoms with E-state index in [4.69, 9.17) is 16.3 Å². The van der Waals surface area contributed by atoms with Crippen LogP contribution in [-0.2, 0) is 0 Å². The summed E-state index contributed by atoms with van der Waals surface area (Å²) in [5, 5.41) is 33.4. The minimum absolute atomic E-state index is 0.0519. The topological polar surface area (TPSA) is 222 Å². The molecule has 75 heavy (non-hydrogen) atoms. The van der Waals surface area contributed by atoms with Crippen molar-refractivity contribution >= 4 is 40.9 Å². The van der Waals surface area contributed by atoms with Crippen molar-refractivity contribution < 1.29 is 24.3 Å². The summed E-state index contributed by atoms with van der Waals surface area (Å²) in [5.74, 6) is 0.247. The lowest BCUT2D eigenvalue weighted by Gasteiger charge is -2.32. The van der Waals surface area contributed by atoms with Crippen LogP contribution in [0.2, 0.25) is 0 Å². The van der Waals surface area contributed by atoms with Gasteiger partial charge in [0.1, 0.15) is 5.82 Å². The molecule has 15 nitrogen and oxygen atoms in total. The number of carbonyl (C=O) groups excluding carboxylic acids is 3. The lowest BCUT2D eigenvalue weighted by atomic mass is 9.88. The molecule has 6 heterocycles. The fourth-order valence-electron chi connectivity index (χ4n) is 10.2. The molecule has 4 fully saturated rings. The summed E-state index contributed by atoms with van der Waals surface area (Å²) in [7, 11) is 0. The quantitative estimate of drug-likeness (QED) is 0.106. The third-order valence-electron chi connectivity index (χ3n) is 14.7. The number of likely N-dealkylation sites (tertiary alicyclic amines) is 2. The number of anilines is 3. The highest BCUT2D eigenvalue weighted by atomic mass is 16.4. The van der Waals surface area contributed by atoms with Crippen LogP contribution in [0.1, 0.15) is 150 Å². The van der Waals surface area contributed by atoms with Gasteiger partial charge in [0.15, 0.2) is 0 Å². The Morgan fingerprint density at radius 3 is 1.61 bits per heavy atom. The molecule has 4 saturated heterocycles. The average molecular weight is 1010 g/mol. The van der Waals surface area contributed by atoms with E-state index < -0.39 is 5.97 Å². The van der Waals surface area contributed by atoms with Gasteiger partial charge in [-0.15, -0.1) is 0 Å². The summed E-state index contributed by atoms with van der Waals surface area (Å²) in [6.07, 6.45) is 11.7. The van der Waals surface area contributed by atoms with E-state index in [0.717, 1.165) is 68.1 Å². The maximum Gasteiger partial charge on any atom is 0.335 e. The van der Waals surface area contributed by atoms with Crippen LogP contribution >= 0.6 is 0 Å². The Bertz CT molecular complexity index is 3030. The van der Waals surface area contributed by atoms with E-state index in [9.17, 15) is 24.3 Å². The van der Waals surface area contributed by atoms with Crippen LogP contribution in [0.5, 0.6) is 0 Å². The van der Waals surface area contributed by atoms with E-state index in [1.807, 2.05) is 90.7 Å². The van der Waals surface area contributed by atoms with Crippen LogP contribution in [0.3, 0.4) is 0 Å². The van der Waals surface area contributed by atoms with E-state index in [1.165, 1.54) is 42.9 Å². The number of nitriles is 2. The second kappa shape index (κ2) is 25.0. The molecule has 4 aliphatic rings. The van der Waals surface area contributed by atoms with Crippen molar-refractivity contribution in [2.45, 2.75) is 83.1 Å². The van der Waals surface area contributed by atoms with Gasteiger partial charge in [-0.1, -0.05) is 36.4 Å². The zero-order valence-electron chi connectivity index (χ0n) is 42.7. The number of rotatable bonds is 9. The number of hydrogen-bond donors (Lipinski definition) is 4. The number of carbonyl (C=O) groups is 4. The molecule has 3 amide bonds. The van der Waals surface area contributed by atoms with Gasteiger partial charge in [-0.2, -0.15) is 10.5 Å². The van der Waals surface area contributed by atoms with Crippen molar-refractivity contribution in [3.05, 3.63) is 183 Å². The standard InChI is InChI=1S/C30H31N5O2.C21H20N2O3.C9H13N3/c1-21-4-7-25(30(37)35-16-12-24(13-17-35)23-8-5-22(19-31)6-9-23)18-27(21)29(36)33-26-10-11-28(32-20-26)34-14-2-3-15-34;1-14-2-5-18(12-19(14)21(25)26)20(24)23-10-8-17(9-11-23)16-6-3-15(13-22)4-7-16;10-7-3-4-9(12-6-7)8-2-1-5-11-8/h4-11,18,20,24H,2-3,12-17H2,1H3,(H,33,36);2-7,12,17H,8-11H2,1H3,(H,25,26);3-4,6,8,11H,1-2,5,10H2. The lowest BCUT2D eigenvalue weighted by molar-refractivity contribution is 0.0691. The first-order chi connectivity index (χ1) is 36.4.